The number of amides is 1. The molecule has 0 aliphatic carbocycles. The molecule has 0 radical (unpaired) electrons. The third kappa shape index (κ3) is 4.60. The van der Waals surface area contributed by atoms with Gasteiger partial charge in [-0.15, -0.1) is 0 Å². The van der Waals surface area contributed by atoms with Crippen LogP contribution >= 0.6 is 0 Å². The quantitative estimate of drug-likeness (QED) is 0.848. The molecule has 1 aromatic carbocycles. The molecule has 1 unspecified atom stereocenters. The van der Waals surface area contributed by atoms with Crippen LogP contribution in [0.5, 0.6) is 0 Å². The number of carbonyl (C=O) groups excluding carboxylic acids is 1. The van der Waals surface area contributed by atoms with E-state index in [1.54, 1.807) is 34.1 Å². The number of alkyl halides is 3. The maximum atomic E-state index is 12.8. The summed E-state index contributed by atoms with van der Waals surface area (Å²) in [5.74, 6) is -0.0824. The standard InChI is InChI=1S/C17H18F3N3O2/c18-17(19,20)14-4-1-3-13(9-14)10-15-11-22(7-8-25-15)16(24)12-23-6-2-5-21-23/h1-6,9,15H,7-8,10-12H2. The Morgan fingerprint density at radius 2 is 2.16 bits per heavy atom. The summed E-state index contributed by atoms with van der Waals surface area (Å²) in [6, 6.07) is 6.95. The van der Waals surface area contributed by atoms with E-state index in [-0.39, 0.29) is 18.6 Å². The summed E-state index contributed by atoms with van der Waals surface area (Å²) < 4.78 is 45.6. The highest BCUT2D eigenvalue weighted by atomic mass is 19.4. The van der Waals surface area contributed by atoms with Crippen LogP contribution in [0, 0.1) is 0 Å². The molecule has 0 saturated carbocycles. The Bertz CT molecular complexity index is 716. The van der Waals surface area contributed by atoms with E-state index in [1.165, 1.54) is 6.07 Å². The molecule has 1 atom stereocenters. The monoisotopic (exact) mass is 353 g/mol. The van der Waals surface area contributed by atoms with Gasteiger partial charge in [-0.1, -0.05) is 18.2 Å². The summed E-state index contributed by atoms with van der Waals surface area (Å²) in [4.78, 5) is 14.0. The Kier molecular flexibility index (Phi) is 5.08. The predicted molar refractivity (Wildman–Crippen MR) is 83.7 cm³/mol. The highest BCUT2D eigenvalue weighted by Crippen LogP contribution is 2.30. The predicted octanol–water partition coefficient (Wildman–Crippen LogP) is 2.37. The van der Waals surface area contributed by atoms with Crippen molar-refractivity contribution in [2.24, 2.45) is 0 Å². The lowest BCUT2D eigenvalue weighted by atomic mass is 10.0. The number of aromatic nitrogens is 2. The highest BCUT2D eigenvalue weighted by molar-refractivity contribution is 5.76. The van der Waals surface area contributed by atoms with Gasteiger partial charge in [0.05, 0.1) is 18.3 Å². The SMILES string of the molecule is O=C(Cn1cccn1)N1CCOC(Cc2cccc(C(F)(F)F)c2)C1. The van der Waals surface area contributed by atoms with Crippen LogP contribution in [0.1, 0.15) is 11.1 Å². The van der Waals surface area contributed by atoms with E-state index in [0.29, 0.717) is 31.7 Å². The van der Waals surface area contributed by atoms with Crippen molar-refractivity contribution in [3.05, 3.63) is 53.9 Å². The summed E-state index contributed by atoms with van der Waals surface area (Å²) in [6.45, 7) is 1.34. The molecule has 134 valence electrons. The fourth-order valence-corrected chi connectivity index (χ4v) is 2.84. The summed E-state index contributed by atoms with van der Waals surface area (Å²) >= 11 is 0. The minimum atomic E-state index is -4.37. The van der Waals surface area contributed by atoms with Gasteiger partial charge in [-0.05, 0) is 17.7 Å². The Morgan fingerprint density at radius 3 is 2.88 bits per heavy atom. The number of nitrogens with zero attached hydrogens (tertiary/aromatic N) is 3. The number of morpholine rings is 1. The van der Waals surface area contributed by atoms with Gasteiger partial charge in [0.15, 0.2) is 0 Å². The maximum absolute atomic E-state index is 12.8. The molecular weight excluding hydrogens is 335 g/mol. The number of ether oxygens (including phenoxy) is 1. The molecule has 1 aromatic heterocycles. The lowest BCUT2D eigenvalue weighted by Crippen LogP contribution is -2.47. The van der Waals surface area contributed by atoms with Gasteiger partial charge < -0.3 is 9.64 Å². The van der Waals surface area contributed by atoms with Gasteiger partial charge in [0, 0.05) is 31.9 Å². The maximum Gasteiger partial charge on any atom is 0.416 e. The zero-order valence-electron chi connectivity index (χ0n) is 13.4. The molecule has 8 heteroatoms. The zero-order chi connectivity index (χ0) is 17.9. The van der Waals surface area contributed by atoms with Crippen LogP contribution in [0.2, 0.25) is 0 Å². The molecule has 3 rings (SSSR count). The van der Waals surface area contributed by atoms with E-state index in [1.807, 2.05) is 0 Å². The van der Waals surface area contributed by atoms with Gasteiger partial charge in [-0.3, -0.25) is 9.48 Å². The summed E-state index contributed by atoms with van der Waals surface area (Å²) in [6.07, 6.45) is -1.05. The Labute approximate surface area is 143 Å². The molecule has 1 aliphatic heterocycles. The summed E-state index contributed by atoms with van der Waals surface area (Å²) in [5, 5.41) is 4.00. The van der Waals surface area contributed by atoms with E-state index >= 15 is 0 Å². The van der Waals surface area contributed by atoms with Crippen LogP contribution in [-0.2, 0) is 28.7 Å². The third-order valence-corrected chi connectivity index (χ3v) is 4.07. The number of halogens is 3. The van der Waals surface area contributed by atoms with Gasteiger partial charge in [0.2, 0.25) is 5.91 Å². The largest absolute Gasteiger partial charge is 0.416 e. The first kappa shape index (κ1) is 17.5. The van der Waals surface area contributed by atoms with Gasteiger partial charge >= 0.3 is 6.18 Å². The van der Waals surface area contributed by atoms with E-state index in [9.17, 15) is 18.0 Å². The minimum Gasteiger partial charge on any atom is -0.374 e. The van der Waals surface area contributed by atoms with Crippen LogP contribution in [0.4, 0.5) is 13.2 Å². The van der Waals surface area contributed by atoms with Crippen LogP contribution < -0.4 is 0 Å². The first-order chi connectivity index (χ1) is 11.9. The Hall–Kier alpha value is -2.35. The van der Waals surface area contributed by atoms with Gasteiger partial charge in [-0.25, -0.2) is 0 Å². The molecule has 0 bridgehead atoms. The Morgan fingerprint density at radius 1 is 1.32 bits per heavy atom. The molecule has 1 aliphatic rings. The first-order valence-electron chi connectivity index (χ1n) is 7.95. The van der Waals surface area contributed by atoms with Crippen molar-refractivity contribution in [2.75, 3.05) is 19.7 Å². The van der Waals surface area contributed by atoms with Crippen molar-refractivity contribution in [3.8, 4) is 0 Å². The van der Waals surface area contributed by atoms with Crippen molar-refractivity contribution < 1.29 is 22.7 Å². The van der Waals surface area contributed by atoms with Crippen LogP contribution in [-0.4, -0.2) is 46.4 Å². The smallest absolute Gasteiger partial charge is 0.374 e. The average molecular weight is 353 g/mol. The van der Waals surface area contributed by atoms with Crippen LogP contribution in [0.25, 0.3) is 0 Å². The van der Waals surface area contributed by atoms with E-state index in [0.717, 1.165) is 12.1 Å². The van der Waals surface area contributed by atoms with Crippen molar-refractivity contribution in [1.82, 2.24) is 14.7 Å². The van der Waals surface area contributed by atoms with Crippen LogP contribution in [0.3, 0.4) is 0 Å². The van der Waals surface area contributed by atoms with Crippen molar-refractivity contribution >= 4 is 5.91 Å². The van der Waals surface area contributed by atoms with Crippen molar-refractivity contribution in [1.29, 1.82) is 0 Å². The van der Waals surface area contributed by atoms with E-state index < -0.39 is 11.7 Å². The Balaban J connectivity index is 1.61. The van der Waals surface area contributed by atoms with Gasteiger partial charge in [0.25, 0.3) is 0 Å². The lowest BCUT2D eigenvalue weighted by molar-refractivity contribution is -0.139. The fourth-order valence-electron chi connectivity index (χ4n) is 2.84. The summed E-state index contributed by atoms with van der Waals surface area (Å²) in [7, 11) is 0. The second-order valence-corrected chi connectivity index (χ2v) is 5.94. The topological polar surface area (TPSA) is 47.4 Å². The number of benzene rings is 1. The molecule has 0 spiro atoms. The van der Waals surface area contributed by atoms with Crippen LogP contribution in [0.15, 0.2) is 42.7 Å². The molecule has 1 fully saturated rings. The molecule has 25 heavy (non-hydrogen) atoms. The molecule has 2 heterocycles. The number of carbonyl (C=O) groups is 1. The average Bonchev–Trinajstić information content (AvgIpc) is 3.07. The molecule has 0 N–H and O–H groups in total. The molecular formula is C17H18F3N3O2. The van der Waals surface area contributed by atoms with E-state index in [2.05, 4.69) is 5.10 Å². The molecule has 1 saturated heterocycles. The van der Waals surface area contributed by atoms with E-state index in [4.69, 9.17) is 4.74 Å². The fraction of sp³-hybridized carbons (Fsp3) is 0.412. The minimum absolute atomic E-state index is 0.0824. The third-order valence-electron chi connectivity index (χ3n) is 4.07. The second-order valence-electron chi connectivity index (χ2n) is 5.94. The second kappa shape index (κ2) is 7.26. The number of hydrogen-bond acceptors (Lipinski definition) is 3. The van der Waals surface area contributed by atoms with Gasteiger partial charge in [-0.2, -0.15) is 18.3 Å². The normalized spacial score (nSPS) is 18.4. The molecule has 1 amide bonds. The molecule has 2 aromatic rings. The van der Waals surface area contributed by atoms with Crippen molar-refractivity contribution in [2.45, 2.75) is 25.2 Å². The molecule has 5 nitrogen and oxygen atoms in total. The van der Waals surface area contributed by atoms with Crippen molar-refractivity contribution in [3.63, 3.8) is 0 Å². The van der Waals surface area contributed by atoms with Gasteiger partial charge in [0.1, 0.15) is 6.54 Å². The summed E-state index contributed by atoms with van der Waals surface area (Å²) in [5.41, 5.74) is -0.131. The number of rotatable bonds is 4. The lowest BCUT2D eigenvalue weighted by Gasteiger charge is -2.33. The zero-order valence-corrected chi connectivity index (χ0v) is 13.4. The number of hydrogen-bond donors (Lipinski definition) is 0. The first-order valence-corrected chi connectivity index (χ1v) is 7.95. The highest BCUT2D eigenvalue weighted by Gasteiger charge is 2.31.